The first-order valence-electron chi connectivity index (χ1n) is 6.98. The van der Waals surface area contributed by atoms with Crippen LogP contribution < -0.4 is 5.73 Å². The van der Waals surface area contributed by atoms with Gasteiger partial charge < -0.3 is 15.7 Å². The molecule has 1 aliphatic carbocycles. The molecule has 0 spiro atoms. The summed E-state index contributed by atoms with van der Waals surface area (Å²) in [5, 5.41) is 8.94. The molecular weight excluding hydrogens is 230 g/mol. The molecule has 1 heterocycles. The Morgan fingerprint density at radius 1 is 1.33 bits per heavy atom. The molecule has 3 N–H and O–H groups in total. The van der Waals surface area contributed by atoms with Crippen molar-refractivity contribution in [2.24, 2.45) is 5.73 Å². The zero-order valence-corrected chi connectivity index (χ0v) is 11.3. The van der Waals surface area contributed by atoms with Crippen molar-refractivity contribution in [2.45, 2.75) is 44.2 Å². The summed E-state index contributed by atoms with van der Waals surface area (Å²) >= 11 is 0. The molecule has 18 heavy (non-hydrogen) atoms. The van der Waals surface area contributed by atoms with Crippen molar-refractivity contribution in [1.29, 1.82) is 0 Å². The molecule has 2 aliphatic rings. The van der Waals surface area contributed by atoms with Gasteiger partial charge in [0.15, 0.2) is 0 Å². The fourth-order valence-corrected chi connectivity index (χ4v) is 2.57. The first-order valence-corrected chi connectivity index (χ1v) is 6.98. The number of carboxylic acid groups (broad SMARTS) is 1. The third-order valence-electron chi connectivity index (χ3n) is 4.13. The summed E-state index contributed by atoms with van der Waals surface area (Å²) < 4.78 is 0. The number of nitrogens with two attached hydrogens (primary N) is 1. The van der Waals surface area contributed by atoms with Gasteiger partial charge in [0.25, 0.3) is 0 Å². The molecule has 1 unspecified atom stereocenters. The monoisotopic (exact) mass is 255 g/mol. The number of piperazine rings is 1. The average molecular weight is 255 g/mol. The van der Waals surface area contributed by atoms with Gasteiger partial charge in [-0.3, -0.25) is 9.69 Å². The molecular formula is C13H25N3O2. The lowest BCUT2D eigenvalue weighted by atomic mass is 9.97. The molecule has 1 atom stereocenters. The number of rotatable bonds is 6. The SMILES string of the molecule is CC(N)(CCCN1CCN(C2CC2)CC1)C(=O)O. The third-order valence-corrected chi connectivity index (χ3v) is 4.13. The Morgan fingerprint density at radius 2 is 1.94 bits per heavy atom. The maximum Gasteiger partial charge on any atom is 0.323 e. The largest absolute Gasteiger partial charge is 0.480 e. The lowest BCUT2D eigenvalue weighted by Crippen LogP contribution is -2.48. The van der Waals surface area contributed by atoms with E-state index in [2.05, 4.69) is 9.80 Å². The van der Waals surface area contributed by atoms with E-state index < -0.39 is 11.5 Å². The van der Waals surface area contributed by atoms with Crippen LogP contribution in [0.4, 0.5) is 0 Å². The molecule has 1 aliphatic heterocycles. The van der Waals surface area contributed by atoms with Gasteiger partial charge >= 0.3 is 5.97 Å². The molecule has 0 aromatic heterocycles. The van der Waals surface area contributed by atoms with Gasteiger partial charge in [-0.2, -0.15) is 0 Å². The summed E-state index contributed by atoms with van der Waals surface area (Å²) in [5.74, 6) is -0.902. The molecule has 0 bridgehead atoms. The second-order valence-electron chi connectivity index (χ2n) is 5.93. The molecule has 2 rings (SSSR count). The minimum absolute atomic E-state index is 0.547. The van der Waals surface area contributed by atoms with E-state index in [1.165, 1.54) is 25.9 Å². The van der Waals surface area contributed by atoms with E-state index in [-0.39, 0.29) is 0 Å². The highest BCUT2D eigenvalue weighted by Gasteiger charge is 2.31. The zero-order chi connectivity index (χ0) is 13.2. The van der Waals surface area contributed by atoms with Gasteiger partial charge in [0.2, 0.25) is 0 Å². The van der Waals surface area contributed by atoms with Crippen molar-refractivity contribution in [3.8, 4) is 0 Å². The maximum absolute atomic E-state index is 10.9. The van der Waals surface area contributed by atoms with Crippen LogP contribution in [0, 0.1) is 0 Å². The predicted molar refractivity (Wildman–Crippen MR) is 70.5 cm³/mol. The van der Waals surface area contributed by atoms with Gasteiger partial charge in [0, 0.05) is 32.2 Å². The maximum atomic E-state index is 10.9. The van der Waals surface area contributed by atoms with Crippen LogP contribution in [0.2, 0.25) is 0 Å². The van der Waals surface area contributed by atoms with E-state index in [1.54, 1.807) is 6.92 Å². The van der Waals surface area contributed by atoms with E-state index in [0.29, 0.717) is 6.42 Å². The van der Waals surface area contributed by atoms with Crippen LogP contribution >= 0.6 is 0 Å². The summed E-state index contributed by atoms with van der Waals surface area (Å²) in [5.41, 5.74) is 4.65. The molecule has 5 nitrogen and oxygen atoms in total. The van der Waals surface area contributed by atoms with Crippen molar-refractivity contribution in [1.82, 2.24) is 9.80 Å². The highest BCUT2D eigenvalue weighted by molar-refractivity contribution is 5.77. The second kappa shape index (κ2) is 5.55. The van der Waals surface area contributed by atoms with Gasteiger partial charge in [0.1, 0.15) is 5.54 Å². The topological polar surface area (TPSA) is 69.8 Å². The van der Waals surface area contributed by atoms with Crippen LogP contribution in [0.25, 0.3) is 0 Å². The lowest BCUT2D eigenvalue weighted by Gasteiger charge is -2.35. The van der Waals surface area contributed by atoms with E-state index >= 15 is 0 Å². The predicted octanol–water partition coefficient (Wildman–Crippen LogP) is 0.349. The Bertz CT molecular complexity index is 295. The molecule has 2 fully saturated rings. The molecule has 0 radical (unpaired) electrons. The Kier molecular flexibility index (Phi) is 4.25. The first kappa shape index (κ1) is 13.8. The Balaban J connectivity index is 1.61. The van der Waals surface area contributed by atoms with E-state index in [0.717, 1.165) is 32.1 Å². The minimum Gasteiger partial charge on any atom is -0.480 e. The normalized spacial score (nSPS) is 25.9. The second-order valence-corrected chi connectivity index (χ2v) is 5.93. The Labute approximate surface area is 109 Å². The van der Waals surface area contributed by atoms with Gasteiger partial charge in [-0.25, -0.2) is 0 Å². The zero-order valence-electron chi connectivity index (χ0n) is 11.3. The van der Waals surface area contributed by atoms with Crippen molar-refractivity contribution in [3.05, 3.63) is 0 Å². The Hall–Kier alpha value is -0.650. The van der Waals surface area contributed by atoms with Crippen molar-refractivity contribution in [3.63, 3.8) is 0 Å². The molecule has 0 amide bonds. The van der Waals surface area contributed by atoms with Crippen LogP contribution in [0.3, 0.4) is 0 Å². The van der Waals surface area contributed by atoms with Crippen LogP contribution in [0.15, 0.2) is 0 Å². The number of carboxylic acids is 1. The number of hydrogen-bond donors (Lipinski definition) is 2. The summed E-state index contributed by atoms with van der Waals surface area (Å²) in [6.07, 6.45) is 4.17. The lowest BCUT2D eigenvalue weighted by molar-refractivity contribution is -0.143. The van der Waals surface area contributed by atoms with Gasteiger partial charge in [0.05, 0.1) is 0 Å². The summed E-state index contributed by atoms with van der Waals surface area (Å²) in [6.45, 7) is 7.14. The fraction of sp³-hybridized carbons (Fsp3) is 0.923. The molecule has 1 saturated heterocycles. The minimum atomic E-state index is -1.07. The third kappa shape index (κ3) is 3.67. The number of carbonyl (C=O) groups is 1. The van der Waals surface area contributed by atoms with Gasteiger partial charge in [-0.05, 0) is 39.2 Å². The summed E-state index contributed by atoms with van der Waals surface area (Å²) in [4.78, 5) is 15.9. The van der Waals surface area contributed by atoms with Crippen molar-refractivity contribution < 1.29 is 9.90 Å². The van der Waals surface area contributed by atoms with Crippen LogP contribution in [-0.2, 0) is 4.79 Å². The quantitative estimate of drug-likeness (QED) is 0.716. The first-order chi connectivity index (χ1) is 8.49. The van der Waals surface area contributed by atoms with Gasteiger partial charge in [-0.15, -0.1) is 0 Å². The standard InChI is InChI=1S/C13H25N3O2/c1-13(14,12(17)18)5-2-6-15-7-9-16(10-8-15)11-3-4-11/h11H,2-10,14H2,1H3,(H,17,18). The summed E-state index contributed by atoms with van der Waals surface area (Å²) in [7, 11) is 0. The van der Waals surface area contributed by atoms with Crippen LogP contribution in [-0.4, -0.2) is 65.2 Å². The Morgan fingerprint density at radius 3 is 2.44 bits per heavy atom. The van der Waals surface area contributed by atoms with E-state index in [4.69, 9.17) is 10.8 Å². The number of nitrogens with zero attached hydrogens (tertiary/aromatic N) is 2. The van der Waals surface area contributed by atoms with Crippen LogP contribution in [0.1, 0.15) is 32.6 Å². The molecule has 0 aromatic rings. The van der Waals surface area contributed by atoms with E-state index in [9.17, 15) is 4.79 Å². The van der Waals surface area contributed by atoms with Crippen molar-refractivity contribution in [2.75, 3.05) is 32.7 Å². The molecule has 5 heteroatoms. The fourth-order valence-electron chi connectivity index (χ4n) is 2.57. The van der Waals surface area contributed by atoms with Crippen LogP contribution in [0.5, 0.6) is 0 Å². The van der Waals surface area contributed by atoms with Gasteiger partial charge in [-0.1, -0.05) is 0 Å². The molecule has 1 saturated carbocycles. The average Bonchev–Trinajstić information content (AvgIpc) is 3.13. The highest BCUT2D eigenvalue weighted by atomic mass is 16.4. The molecule has 0 aromatic carbocycles. The number of hydrogen-bond acceptors (Lipinski definition) is 4. The van der Waals surface area contributed by atoms with E-state index in [1.807, 2.05) is 0 Å². The number of aliphatic carboxylic acids is 1. The summed E-state index contributed by atoms with van der Waals surface area (Å²) in [6, 6.07) is 0.867. The smallest absolute Gasteiger partial charge is 0.323 e. The highest BCUT2D eigenvalue weighted by Crippen LogP contribution is 2.27. The van der Waals surface area contributed by atoms with Crippen molar-refractivity contribution >= 4 is 5.97 Å². The molecule has 104 valence electrons.